The highest BCUT2D eigenvalue weighted by Crippen LogP contribution is 2.26. The standard InChI is InChI=1S/C16H20O3/c1-11(16(18)19-2)13-8-6-12(7-9-13)10-14-4-3-5-15(14)17/h6-9,11,14H,3-5,10H2,1-2H3. The third-order valence-electron chi connectivity index (χ3n) is 3.95. The van der Waals surface area contributed by atoms with Crippen molar-refractivity contribution in [1.29, 1.82) is 0 Å². The first-order chi connectivity index (χ1) is 9.11. The Morgan fingerprint density at radius 1 is 1.37 bits per heavy atom. The minimum atomic E-state index is -0.243. The van der Waals surface area contributed by atoms with Gasteiger partial charge in [-0.25, -0.2) is 0 Å². The van der Waals surface area contributed by atoms with Gasteiger partial charge in [-0.1, -0.05) is 24.3 Å². The smallest absolute Gasteiger partial charge is 0.312 e. The predicted octanol–water partition coefficient (Wildman–Crippen LogP) is 2.87. The molecule has 102 valence electrons. The van der Waals surface area contributed by atoms with Crippen molar-refractivity contribution < 1.29 is 14.3 Å². The summed E-state index contributed by atoms with van der Waals surface area (Å²) in [5, 5.41) is 0. The average Bonchev–Trinajstić information content (AvgIpc) is 2.83. The van der Waals surface area contributed by atoms with Crippen molar-refractivity contribution in [3.8, 4) is 0 Å². The number of carbonyl (C=O) groups is 2. The molecule has 3 heteroatoms. The molecule has 1 aliphatic carbocycles. The van der Waals surface area contributed by atoms with Crippen LogP contribution in [0.3, 0.4) is 0 Å². The van der Waals surface area contributed by atoms with Crippen LogP contribution in [0.15, 0.2) is 24.3 Å². The summed E-state index contributed by atoms with van der Waals surface area (Å²) in [6.07, 6.45) is 3.61. The van der Waals surface area contributed by atoms with E-state index in [0.717, 1.165) is 31.2 Å². The second-order valence-electron chi connectivity index (χ2n) is 5.25. The van der Waals surface area contributed by atoms with Gasteiger partial charge in [0.15, 0.2) is 0 Å². The number of hydrogen-bond donors (Lipinski definition) is 0. The molecule has 0 radical (unpaired) electrons. The molecule has 1 fully saturated rings. The maximum Gasteiger partial charge on any atom is 0.312 e. The Bertz CT molecular complexity index is 461. The van der Waals surface area contributed by atoms with Gasteiger partial charge < -0.3 is 4.74 Å². The molecule has 0 amide bonds. The van der Waals surface area contributed by atoms with Gasteiger partial charge in [-0.15, -0.1) is 0 Å². The van der Waals surface area contributed by atoms with Crippen LogP contribution in [0.5, 0.6) is 0 Å². The topological polar surface area (TPSA) is 43.4 Å². The zero-order chi connectivity index (χ0) is 13.8. The number of hydrogen-bond acceptors (Lipinski definition) is 3. The summed E-state index contributed by atoms with van der Waals surface area (Å²) in [7, 11) is 1.40. The first kappa shape index (κ1) is 13.8. The van der Waals surface area contributed by atoms with Crippen LogP contribution in [0.1, 0.15) is 43.2 Å². The van der Waals surface area contributed by atoms with E-state index in [1.54, 1.807) is 0 Å². The number of ketones is 1. The molecular formula is C16H20O3. The number of ether oxygens (including phenoxy) is 1. The highest BCUT2D eigenvalue weighted by molar-refractivity contribution is 5.83. The molecule has 0 N–H and O–H groups in total. The number of rotatable bonds is 4. The Morgan fingerprint density at radius 3 is 2.58 bits per heavy atom. The summed E-state index contributed by atoms with van der Waals surface area (Å²) in [5.41, 5.74) is 2.12. The fourth-order valence-electron chi connectivity index (χ4n) is 2.64. The molecule has 19 heavy (non-hydrogen) atoms. The van der Waals surface area contributed by atoms with E-state index in [1.165, 1.54) is 12.7 Å². The van der Waals surface area contributed by atoms with Gasteiger partial charge >= 0.3 is 5.97 Å². The van der Waals surface area contributed by atoms with E-state index in [4.69, 9.17) is 4.74 Å². The van der Waals surface area contributed by atoms with Crippen LogP contribution in [-0.4, -0.2) is 18.9 Å². The summed E-state index contributed by atoms with van der Waals surface area (Å²) in [4.78, 5) is 23.1. The zero-order valence-electron chi connectivity index (χ0n) is 11.5. The van der Waals surface area contributed by atoms with Crippen LogP contribution in [0.2, 0.25) is 0 Å². The Balaban J connectivity index is 2.02. The summed E-state index contributed by atoms with van der Waals surface area (Å²) in [5.74, 6) is 0.127. The van der Waals surface area contributed by atoms with E-state index in [1.807, 2.05) is 31.2 Å². The minimum Gasteiger partial charge on any atom is -0.469 e. The van der Waals surface area contributed by atoms with Crippen molar-refractivity contribution in [2.75, 3.05) is 7.11 Å². The van der Waals surface area contributed by atoms with E-state index in [-0.39, 0.29) is 17.8 Å². The minimum absolute atomic E-state index is 0.198. The summed E-state index contributed by atoms with van der Waals surface area (Å²) in [6, 6.07) is 7.94. The molecule has 0 aliphatic heterocycles. The Morgan fingerprint density at radius 2 is 2.05 bits per heavy atom. The van der Waals surface area contributed by atoms with Gasteiger partial charge in [0, 0.05) is 12.3 Å². The number of Topliss-reactive ketones (excluding diaryl/α,β-unsaturated/α-hetero) is 1. The molecule has 1 aliphatic rings. The van der Waals surface area contributed by atoms with E-state index in [2.05, 4.69) is 0 Å². The van der Waals surface area contributed by atoms with E-state index in [9.17, 15) is 9.59 Å². The SMILES string of the molecule is COC(=O)C(C)c1ccc(CC2CCCC2=O)cc1. The molecule has 0 aromatic heterocycles. The van der Waals surface area contributed by atoms with Crippen LogP contribution >= 0.6 is 0 Å². The summed E-state index contributed by atoms with van der Waals surface area (Å²) >= 11 is 0. The Hall–Kier alpha value is -1.64. The molecule has 0 saturated heterocycles. The first-order valence-electron chi connectivity index (χ1n) is 6.81. The van der Waals surface area contributed by atoms with Crippen molar-refractivity contribution in [1.82, 2.24) is 0 Å². The monoisotopic (exact) mass is 260 g/mol. The first-order valence-corrected chi connectivity index (χ1v) is 6.81. The molecule has 1 aromatic carbocycles. The van der Waals surface area contributed by atoms with Crippen LogP contribution in [0.25, 0.3) is 0 Å². The van der Waals surface area contributed by atoms with Crippen LogP contribution in [0, 0.1) is 5.92 Å². The van der Waals surface area contributed by atoms with Crippen LogP contribution < -0.4 is 0 Å². The van der Waals surface area contributed by atoms with Gasteiger partial charge in [-0.3, -0.25) is 9.59 Å². The Labute approximate surface area is 114 Å². The quantitative estimate of drug-likeness (QED) is 0.782. The molecule has 0 spiro atoms. The number of esters is 1. The summed E-state index contributed by atoms with van der Waals surface area (Å²) < 4.78 is 4.73. The molecular weight excluding hydrogens is 240 g/mol. The fraction of sp³-hybridized carbons (Fsp3) is 0.500. The molecule has 1 aromatic rings. The largest absolute Gasteiger partial charge is 0.469 e. The molecule has 0 bridgehead atoms. The second-order valence-corrected chi connectivity index (χ2v) is 5.25. The normalized spacial score (nSPS) is 20.3. The lowest BCUT2D eigenvalue weighted by atomic mass is 9.94. The van der Waals surface area contributed by atoms with Crippen molar-refractivity contribution >= 4 is 11.8 Å². The average molecular weight is 260 g/mol. The van der Waals surface area contributed by atoms with Crippen LogP contribution in [0.4, 0.5) is 0 Å². The van der Waals surface area contributed by atoms with Gasteiger partial charge in [0.25, 0.3) is 0 Å². The zero-order valence-corrected chi connectivity index (χ0v) is 11.5. The van der Waals surface area contributed by atoms with Crippen molar-refractivity contribution in [2.45, 2.75) is 38.5 Å². The molecule has 2 rings (SSSR count). The molecule has 2 atom stereocenters. The third-order valence-corrected chi connectivity index (χ3v) is 3.95. The fourth-order valence-corrected chi connectivity index (χ4v) is 2.64. The lowest BCUT2D eigenvalue weighted by molar-refractivity contribution is -0.142. The second kappa shape index (κ2) is 6.00. The van der Waals surface area contributed by atoms with E-state index < -0.39 is 0 Å². The van der Waals surface area contributed by atoms with Gasteiger partial charge in [0.1, 0.15) is 5.78 Å². The van der Waals surface area contributed by atoms with Gasteiger partial charge in [-0.05, 0) is 37.3 Å². The molecule has 3 nitrogen and oxygen atoms in total. The summed E-state index contributed by atoms with van der Waals surface area (Å²) in [6.45, 7) is 1.83. The van der Waals surface area contributed by atoms with Gasteiger partial charge in [-0.2, -0.15) is 0 Å². The maximum absolute atomic E-state index is 11.6. The number of methoxy groups -OCH3 is 1. The molecule has 1 saturated carbocycles. The molecule has 0 heterocycles. The maximum atomic E-state index is 11.6. The lowest BCUT2D eigenvalue weighted by Gasteiger charge is -2.11. The Kier molecular flexibility index (Phi) is 4.35. The highest BCUT2D eigenvalue weighted by Gasteiger charge is 2.24. The third kappa shape index (κ3) is 3.22. The van der Waals surface area contributed by atoms with Crippen LogP contribution in [-0.2, 0) is 20.7 Å². The van der Waals surface area contributed by atoms with Gasteiger partial charge in [0.2, 0.25) is 0 Å². The van der Waals surface area contributed by atoms with E-state index in [0.29, 0.717) is 5.78 Å². The molecule has 2 unspecified atom stereocenters. The lowest BCUT2D eigenvalue weighted by Crippen LogP contribution is -2.11. The van der Waals surface area contributed by atoms with E-state index >= 15 is 0 Å². The van der Waals surface area contributed by atoms with Crippen molar-refractivity contribution in [2.24, 2.45) is 5.92 Å². The van der Waals surface area contributed by atoms with Gasteiger partial charge in [0.05, 0.1) is 13.0 Å². The van der Waals surface area contributed by atoms with Crippen molar-refractivity contribution in [3.63, 3.8) is 0 Å². The highest BCUT2D eigenvalue weighted by atomic mass is 16.5. The number of benzene rings is 1. The predicted molar refractivity (Wildman–Crippen MR) is 72.9 cm³/mol. The number of carbonyl (C=O) groups excluding carboxylic acids is 2. The van der Waals surface area contributed by atoms with Crippen molar-refractivity contribution in [3.05, 3.63) is 35.4 Å².